The second kappa shape index (κ2) is 5.91. The predicted molar refractivity (Wildman–Crippen MR) is 70.2 cm³/mol. The summed E-state index contributed by atoms with van der Waals surface area (Å²) in [6.45, 7) is 4.39. The number of hydrogen-bond acceptors (Lipinski definition) is 4. The fraction of sp³-hybridized carbons (Fsp3) is 0.214. The quantitative estimate of drug-likeness (QED) is 0.610. The van der Waals surface area contributed by atoms with Crippen molar-refractivity contribution in [3.8, 4) is 0 Å². The minimum Gasteiger partial charge on any atom is -0.391 e. The van der Waals surface area contributed by atoms with Gasteiger partial charge in [-0.2, -0.15) is 0 Å². The first-order chi connectivity index (χ1) is 8.75. The second-order valence-electron chi connectivity index (χ2n) is 4.06. The van der Waals surface area contributed by atoms with Crippen LogP contribution >= 0.6 is 0 Å². The van der Waals surface area contributed by atoms with Crippen LogP contribution in [0.1, 0.15) is 23.6 Å². The Hall–Kier alpha value is -2.23. The largest absolute Gasteiger partial charge is 0.391 e. The number of hydrogen-bond donors (Lipinski definition) is 0. The molecule has 0 fully saturated rings. The van der Waals surface area contributed by atoms with Gasteiger partial charge in [-0.25, -0.2) is 9.97 Å². The van der Waals surface area contributed by atoms with E-state index in [1.807, 2.05) is 19.1 Å². The third kappa shape index (κ3) is 3.38. The lowest BCUT2D eigenvalue weighted by atomic mass is 10.2. The van der Waals surface area contributed by atoms with Crippen molar-refractivity contribution in [2.24, 2.45) is 5.16 Å². The Kier molecular flexibility index (Phi) is 4.02. The van der Waals surface area contributed by atoms with Crippen molar-refractivity contribution in [3.05, 3.63) is 59.7 Å². The first-order valence-electron chi connectivity index (χ1n) is 5.73. The van der Waals surface area contributed by atoms with Crippen LogP contribution in [0.4, 0.5) is 0 Å². The summed E-state index contributed by atoms with van der Waals surface area (Å²) >= 11 is 0. The van der Waals surface area contributed by atoms with E-state index in [9.17, 15) is 0 Å². The van der Waals surface area contributed by atoms with E-state index in [0.29, 0.717) is 6.61 Å². The fourth-order valence-electron chi connectivity index (χ4n) is 1.43. The lowest BCUT2D eigenvalue weighted by molar-refractivity contribution is 0.130. The van der Waals surface area contributed by atoms with Crippen molar-refractivity contribution in [2.45, 2.75) is 20.5 Å². The van der Waals surface area contributed by atoms with Crippen LogP contribution < -0.4 is 0 Å². The Balaban J connectivity index is 1.93. The zero-order chi connectivity index (χ0) is 12.8. The van der Waals surface area contributed by atoms with Gasteiger partial charge in [-0.3, -0.25) is 0 Å². The molecular weight excluding hydrogens is 226 g/mol. The molecule has 4 heteroatoms. The van der Waals surface area contributed by atoms with Crippen LogP contribution in [0.3, 0.4) is 0 Å². The number of aromatic nitrogens is 2. The van der Waals surface area contributed by atoms with E-state index in [-0.39, 0.29) is 0 Å². The highest BCUT2D eigenvalue weighted by molar-refractivity contribution is 5.97. The molecule has 4 nitrogen and oxygen atoms in total. The molecule has 0 amide bonds. The number of oxime groups is 1. The highest BCUT2D eigenvalue weighted by Crippen LogP contribution is 2.05. The first kappa shape index (κ1) is 12.2. The molecule has 1 aromatic carbocycles. The summed E-state index contributed by atoms with van der Waals surface area (Å²) in [6.07, 6.45) is 4.91. The van der Waals surface area contributed by atoms with Crippen molar-refractivity contribution in [1.29, 1.82) is 0 Å². The minimum atomic E-state index is 0.464. The maximum atomic E-state index is 5.31. The average Bonchev–Trinajstić information content (AvgIpc) is 2.42. The molecule has 0 spiro atoms. The Morgan fingerprint density at radius 1 is 1.17 bits per heavy atom. The van der Waals surface area contributed by atoms with Crippen molar-refractivity contribution < 1.29 is 4.84 Å². The van der Waals surface area contributed by atoms with Crippen LogP contribution in [0.5, 0.6) is 0 Å². The van der Waals surface area contributed by atoms with Crippen molar-refractivity contribution >= 4 is 5.71 Å². The van der Waals surface area contributed by atoms with E-state index in [2.05, 4.69) is 34.2 Å². The summed E-state index contributed by atoms with van der Waals surface area (Å²) in [5.41, 5.74) is 3.96. The number of rotatable bonds is 4. The Labute approximate surface area is 106 Å². The van der Waals surface area contributed by atoms with Gasteiger partial charge in [-0.05, 0) is 19.4 Å². The first-order valence-corrected chi connectivity index (χ1v) is 5.73. The van der Waals surface area contributed by atoms with Gasteiger partial charge in [0.05, 0.1) is 5.71 Å². The zero-order valence-corrected chi connectivity index (χ0v) is 10.5. The van der Waals surface area contributed by atoms with Crippen LogP contribution in [0.25, 0.3) is 0 Å². The molecule has 0 aliphatic rings. The summed E-state index contributed by atoms with van der Waals surface area (Å²) in [5, 5.41) is 4.05. The highest BCUT2D eigenvalue weighted by Gasteiger charge is 1.98. The molecular formula is C14H15N3O. The van der Waals surface area contributed by atoms with Gasteiger partial charge in [0.2, 0.25) is 0 Å². The van der Waals surface area contributed by atoms with Crippen LogP contribution in [0.15, 0.2) is 48.1 Å². The summed E-state index contributed by atoms with van der Waals surface area (Å²) < 4.78 is 0. The van der Waals surface area contributed by atoms with E-state index in [4.69, 9.17) is 4.84 Å². The standard InChI is InChI=1S/C14H15N3O/c1-11-3-5-13(6-4-11)9-18-17-12(2)14-7-15-10-16-8-14/h3-8,10H,9H2,1-2H3/b17-12+. The van der Waals surface area contributed by atoms with Crippen molar-refractivity contribution in [3.63, 3.8) is 0 Å². The molecule has 18 heavy (non-hydrogen) atoms. The highest BCUT2D eigenvalue weighted by atomic mass is 16.6. The van der Waals surface area contributed by atoms with Gasteiger partial charge < -0.3 is 4.84 Å². The molecule has 1 heterocycles. The Morgan fingerprint density at radius 2 is 1.83 bits per heavy atom. The minimum absolute atomic E-state index is 0.464. The number of nitrogens with zero attached hydrogens (tertiary/aromatic N) is 3. The zero-order valence-electron chi connectivity index (χ0n) is 10.5. The number of benzene rings is 1. The fourth-order valence-corrected chi connectivity index (χ4v) is 1.43. The molecule has 0 radical (unpaired) electrons. The molecule has 0 unspecified atom stereocenters. The lowest BCUT2D eigenvalue weighted by Crippen LogP contribution is -1.98. The lowest BCUT2D eigenvalue weighted by Gasteiger charge is -2.02. The molecule has 2 rings (SSSR count). The molecule has 0 aliphatic carbocycles. The normalized spacial score (nSPS) is 11.3. The molecule has 0 bridgehead atoms. The SMILES string of the molecule is C/C(=N\OCc1ccc(C)cc1)c1cncnc1. The molecule has 2 aromatic rings. The van der Waals surface area contributed by atoms with Crippen LogP contribution in [0, 0.1) is 6.92 Å². The number of aryl methyl sites for hydroxylation is 1. The second-order valence-corrected chi connectivity index (χ2v) is 4.06. The van der Waals surface area contributed by atoms with Gasteiger partial charge in [-0.1, -0.05) is 35.0 Å². The van der Waals surface area contributed by atoms with Gasteiger partial charge in [0.15, 0.2) is 0 Å². The van der Waals surface area contributed by atoms with E-state index in [1.165, 1.54) is 11.9 Å². The third-order valence-corrected chi connectivity index (χ3v) is 2.53. The third-order valence-electron chi connectivity index (χ3n) is 2.53. The topological polar surface area (TPSA) is 47.4 Å². The van der Waals surface area contributed by atoms with Gasteiger partial charge in [0, 0.05) is 18.0 Å². The van der Waals surface area contributed by atoms with Gasteiger partial charge >= 0.3 is 0 Å². The maximum absolute atomic E-state index is 5.31. The predicted octanol–water partition coefficient (Wildman–Crippen LogP) is 2.73. The Morgan fingerprint density at radius 3 is 2.50 bits per heavy atom. The summed E-state index contributed by atoms with van der Waals surface area (Å²) in [5.74, 6) is 0. The smallest absolute Gasteiger partial charge is 0.142 e. The van der Waals surface area contributed by atoms with Crippen molar-refractivity contribution in [2.75, 3.05) is 0 Å². The molecule has 0 atom stereocenters. The van der Waals surface area contributed by atoms with E-state index < -0.39 is 0 Å². The Bertz CT molecular complexity index is 520. The van der Waals surface area contributed by atoms with Gasteiger partial charge in [-0.15, -0.1) is 0 Å². The van der Waals surface area contributed by atoms with Gasteiger partial charge in [0.1, 0.15) is 12.9 Å². The van der Waals surface area contributed by atoms with Gasteiger partial charge in [0.25, 0.3) is 0 Å². The average molecular weight is 241 g/mol. The molecule has 92 valence electrons. The van der Waals surface area contributed by atoms with E-state index in [0.717, 1.165) is 16.8 Å². The van der Waals surface area contributed by atoms with Crippen LogP contribution in [-0.2, 0) is 11.4 Å². The van der Waals surface area contributed by atoms with E-state index >= 15 is 0 Å². The maximum Gasteiger partial charge on any atom is 0.142 e. The van der Waals surface area contributed by atoms with E-state index in [1.54, 1.807) is 12.4 Å². The summed E-state index contributed by atoms with van der Waals surface area (Å²) in [4.78, 5) is 13.2. The van der Waals surface area contributed by atoms with Crippen LogP contribution in [-0.4, -0.2) is 15.7 Å². The van der Waals surface area contributed by atoms with Crippen LogP contribution in [0.2, 0.25) is 0 Å². The molecule has 0 saturated carbocycles. The summed E-state index contributed by atoms with van der Waals surface area (Å²) in [6, 6.07) is 8.18. The molecule has 0 N–H and O–H groups in total. The molecule has 0 aliphatic heterocycles. The monoisotopic (exact) mass is 241 g/mol. The summed E-state index contributed by atoms with van der Waals surface area (Å²) in [7, 11) is 0. The molecule has 1 aromatic heterocycles. The van der Waals surface area contributed by atoms with Crippen molar-refractivity contribution in [1.82, 2.24) is 9.97 Å². The molecule has 0 saturated heterocycles.